The number of rotatable bonds is 6. The lowest BCUT2D eigenvalue weighted by molar-refractivity contribution is 0.318. The molecule has 0 atom stereocenters. The van der Waals surface area contributed by atoms with Gasteiger partial charge in [-0.2, -0.15) is 0 Å². The third kappa shape index (κ3) is 4.27. The van der Waals surface area contributed by atoms with Gasteiger partial charge < -0.3 is 9.77 Å². The van der Waals surface area contributed by atoms with Crippen LogP contribution in [-0.2, 0) is 19.4 Å². The molecule has 182 valence electrons. The van der Waals surface area contributed by atoms with E-state index in [1.807, 2.05) is 18.2 Å². The minimum atomic E-state index is 0.576. The number of aromatic nitrogens is 1. The molecule has 0 radical (unpaired) electrons. The molecule has 1 heterocycles. The summed E-state index contributed by atoms with van der Waals surface area (Å²) >= 11 is 0. The zero-order valence-corrected chi connectivity index (χ0v) is 21.3. The van der Waals surface area contributed by atoms with Crippen molar-refractivity contribution in [2.75, 3.05) is 0 Å². The lowest BCUT2D eigenvalue weighted by Gasteiger charge is -2.09. The molecule has 6 rings (SSSR count). The first-order chi connectivity index (χ1) is 18.1. The number of hydrogen-bond acceptors (Lipinski definition) is 2. The Kier molecular flexibility index (Phi) is 5.97. The standard InChI is InChI=1S/C34H30N2O/c1-3-36-33-16-13-25(18-24-12-15-27-9-5-6-10-28(27)19-24)20-30(33)31-21-26(14-17-34(31)36)22-32(35-37)29-11-7-4-8-23(29)2/h4-17,19-21,37H,3,18,22H2,1-2H3/b35-32-. The molecule has 6 aromatic rings. The quantitative estimate of drug-likeness (QED) is 0.145. The zero-order valence-electron chi connectivity index (χ0n) is 21.3. The monoisotopic (exact) mass is 482 g/mol. The van der Waals surface area contributed by atoms with Crippen molar-refractivity contribution in [1.82, 2.24) is 4.57 Å². The molecule has 0 aliphatic heterocycles. The lowest BCUT2D eigenvalue weighted by Crippen LogP contribution is -2.07. The maximum Gasteiger partial charge on any atom is 0.0914 e. The van der Waals surface area contributed by atoms with Gasteiger partial charge in [0, 0.05) is 40.3 Å². The van der Waals surface area contributed by atoms with Gasteiger partial charge in [-0.05, 0) is 77.6 Å². The topological polar surface area (TPSA) is 37.5 Å². The molecule has 3 nitrogen and oxygen atoms in total. The van der Waals surface area contributed by atoms with Crippen molar-refractivity contribution in [2.45, 2.75) is 33.2 Å². The second kappa shape index (κ2) is 9.59. The Labute approximate surface area is 217 Å². The van der Waals surface area contributed by atoms with Gasteiger partial charge in [-0.1, -0.05) is 84.0 Å². The summed E-state index contributed by atoms with van der Waals surface area (Å²) in [5.41, 5.74) is 9.04. The first kappa shape index (κ1) is 23.1. The molecule has 0 unspecified atom stereocenters. The number of benzene rings is 5. The summed E-state index contributed by atoms with van der Waals surface area (Å²) in [6, 6.07) is 36.9. The van der Waals surface area contributed by atoms with Gasteiger partial charge in [-0.25, -0.2) is 0 Å². The van der Waals surface area contributed by atoms with Crippen LogP contribution in [0.1, 0.15) is 34.7 Å². The van der Waals surface area contributed by atoms with Crippen molar-refractivity contribution in [3.05, 3.63) is 131 Å². The van der Waals surface area contributed by atoms with Crippen LogP contribution in [0.4, 0.5) is 0 Å². The Balaban J connectivity index is 1.40. The molecule has 5 aromatic carbocycles. The highest BCUT2D eigenvalue weighted by atomic mass is 16.4. The first-order valence-corrected chi connectivity index (χ1v) is 12.9. The van der Waals surface area contributed by atoms with Gasteiger partial charge in [-0.15, -0.1) is 0 Å². The summed E-state index contributed by atoms with van der Waals surface area (Å²) in [6.07, 6.45) is 1.47. The van der Waals surface area contributed by atoms with E-state index in [2.05, 4.69) is 108 Å². The van der Waals surface area contributed by atoms with Gasteiger partial charge in [0.25, 0.3) is 0 Å². The van der Waals surface area contributed by atoms with Gasteiger partial charge in [0.2, 0.25) is 0 Å². The fourth-order valence-corrected chi connectivity index (χ4v) is 5.62. The summed E-state index contributed by atoms with van der Waals surface area (Å²) in [4.78, 5) is 0. The molecule has 0 saturated carbocycles. The molecule has 0 aliphatic carbocycles. The summed E-state index contributed by atoms with van der Waals surface area (Å²) in [5, 5.41) is 18.6. The van der Waals surface area contributed by atoms with Crippen LogP contribution >= 0.6 is 0 Å². The molecule has 0 amide bonds. The third-order valence-electron chi connectivity index (χ3n) is 7.48. The number of hydrogen-bond donors (Lipinski definition) is 1. The van der Waals surface area contributed by atoms with E-state index < -0.39 is 0 Å². The average Bonchev–Trinajstić information content (AvgIpc) is 3.24. The Morgan fingerprint density at radius 1 is 0.703 bits per heavy atom. The number of fused-ring (bicyclic) bond motifs is 4. The highest BCUT2D eigenvalue weighted by molar-refractivity contribution is 6.09. The zero-order chi connectivity index (χ0) is 25.4. The van der Waals surface area contributed by atoms with Crippen molar-refractivity contribution >= 4 is 38.3 Å². The van der Waals surface area contributed by atoms with Crippen molar-refractivity contribution in [3.63, 3.8) is 0 Å². The molecule has 0 bridgehead atoms. The molecule has 0 aliphatic rings. The molecule has 3 heteroatoms. The molecular weight excluding hydrogens is 452 g/mol. The van der Waals surface area contributed by atoms with Gasteiger partial charge in [-0.3, -0.25) is 0 Å². The van der Waals surface area contributed by atoms with Gasteiger partial charge in [0.05, 0.1) is 5.71 Å². The van der Waals surface area contributed by atoms with Crippen molar-refractivity contribution in [2.24, 2.45) is 5.16 Å². The summed E-state index contributed by atoms with van der Waals surface area (Å²) in [7, 11) is 0. The summed E-state index contributed by atoms with van der Waals surface area (Å²) in [5.74, 6) is 0. The fraction of sp³-hybridized carbons (Fsp3) is 0.147. The molecule has 37 heavy (non-hydrogen) atoms. The van der Waals surface area contributed by atoms with Gasteiger partial charge in [0.15, 0.2) is 0 Å². The molecular formula is C34H30N2O. The Morgan fingerprint density at radius 2 is 1.32 bits per heavy atom. The highest BCUT2D eigenvalue weighted by Gasteiger charge is 2.14. The first-order valence-electron chi connectivity index (χ1n) is 12.9. The Bertz CT molecular complexity index is 1790. The van der Waals surface area contributed by atoms with Crippen LogP contribution in [0, 0.1) is 6.92 Å². The molecule has 0 fully saturated rings. The minimum Gasteiger partial charge on any atom is -0.411 e. The van der Waals surface area contributed by atoms with Crippen molar-refractivity contribution in [3.8, 4) is 0 Å². The minimum absolute atomic E-state index is 0.576. The van der Waals surface area contributed by atoms with E-state index >= 15 is 0 Å². The van der Waals surface area contributed by atoms with E-state index in [4.69, 9.17) is 0 Å². The average molecular weight is 483 g/mol. The van der Waals surface area contributed by atoms with Crippen molar-refractivity contribution in [1.29, 1.82) is 0 Å². The summed E-state index contributed by atoms with van der Waals surface area (Å²) in [6.45, 7) is 5.16. The predicted octanol–water partition coefficient (Wildman–Crippen LogP) is 8.29. The second-order valence-electron chi connectivity index (χ2n) is 9.84. The number of aryl methyl sites for hydroxylation is 2. The smallest absolute Gasteiger partial charge is 0.0914 e. The molecule has 1 aromatic heterocycles. The van der Waals surface area contributed by atoms with Gasteiger partial charge in [0.1, 0.15) is 0 Å². The highest BCUT2D eigenvalue weighted by Crippen LogP contribution is 2.32. The molecule has 1 N–H and O–H groups in total. The van der Waals surface area contributed by atoms with E-state index in [9.17, 15) is 5.21 Å². The fourth-order valence-electron chi connectivity index (χ4n) is 5.62. The maximum atomic E-state index is 9.82. The van der Waals surface area contributed by atoms with E-state index in [0.717, 1.165) is 29.7 Å². The lowest BCUT2D eigenvalue weighted by atomic mass is 9.97. The maximum absolute atomic E-state index is 9.82. The number of nitrogens with zero attached hydrogens (tertiary/aromatic N) is 2. The van der Waals surface area contributed by atoms with Crippen LogP contribution in [0.15, 0.2) is 108 Å². The summed E-state index contributed by atoms with van der Waals surface area (Å²) < 4.78 is 2.39. The third-order valence-corrected chi connectivity index (χ3v) is 7.48. The van der Waals surface area contributed by atoms with Crippen LogP contribution < -0.4 is 0 Å². The van der Waals surface area contributed by atoms with Gasteiger partial charge >= 0.3 is 0 Å². The molecule has 0 spiro atoms. The normalized spacial score (nSPS) is 12.1. The SMILES string of the molecule is CCn1c2ccc(C/C(=N/O)c3ccccc3C)cc2c2cc(Cc3ccc4ccccc4c3)ccc21. The van der Waals surface area contributed by atoms with Crippen LogP contribution in [0.2, 0.25) is 0 Å². The van der Waals surface area contributed by atoms with Crippen LogP contribution in [0.5, 0.6) is 0 Å². The number of oxime groups is 1. The van der Waals surface area contributed by atoms with Crippen molar-refractivity contribution < 1.29 is 5.21 Å². The Hall–Kier alpha value is -4.37. The second-order valence-corrected chi connectivity index (χ2v) is 9.84. The van der Waals surface area contributed by atoms with E-state index in [-0.39, 0.29) is 0 Å². The Morgan fingerprint density at radius 3 is 2.05 bits per heavy atom. The van der Waals surface area contributed by atoms with Crippen LogP contribution in [0.25, 0.3) is 32.6 Å². The van der Waals surface area contributed by atoms with E-state index in [1.165, 1.54) is 43.7 Å². The van der Waals surface area contributed by atoms with E-state index in [1.54, 1.807) is 0 Å². The molecule has 0 saturated heterocycles. The predicted molar refractivity (Wildman–Crippen MR) is 155 cm³/mol. The van der Waals surface area contributed by atoms with Crippen LogP contribution in [-0.4, -0.2) is 15.5 Å². The largest absolute Gasteiger partial charge is 0.411 e. The van der Waals surface area contributed by atoms with E-state index in [0.29, 0.717) is 12.1 Å². The van der Waals surface area contributed by atoms with Crippen LogP contribution in [0.3, 0.4) is 0 Å².